The van der Waals surface area contributed by atoms with E-state index in [-0.39, 0.29) is 40.9 Å². The average Bonchev–Trinajstić information content (AvgIpc) is 2.31. The summed E-state index contributed by atoms with van der Waals surface area (Å²) in [6.07, 6.45) is -2.91. The van der Waals surface area contributed by atoms with Crippen molar-refractivity contribution in [3.63, 3.8) is 0 Å². The number of ether oxygens (including phenoxy) is 1. The molecule has 3 nitrogen and oxygen atoms in total. The van der Waals surface area contributed by atoms with Crippen molar-refractivity contribution in [2.45, 2.75) is 25.7 Å². The third-order valence-corrected chi connectivity index (χ3v) is 2.74. The summed E-state index contributed by atoms with van der Waals surface area (Å²) < 4.78 is 30.2. The van der Waals surface area contributed by atoms with Crippen LogP contribution in [0.15, 0.2) is 6.07 Å². The van der Waals surface area contributed by atoms with Crippen LogP contribution in [0.1, 0.15) is 30.2 Å². The monoisotopic (exact) mass is 297 g/mol. The molecule has 0 aliphatic heterocycles. The number of hydrogen-bond acceptors (Lipinski definition) is 3. The smallest absolute Gasteiger partial charge is 0.310 e. The number of rotatable bonds is 5. The normalized spacial score (nSPS) is 10.8. The molecule has 0 aliphatic carbocycles. The van der Waals surface area contributed by atoms with Gasteiger partial charge in [-0.05, 0) is 13.0 Å². The summed E-state index contributed by atoms with van der Waals surface area (Å²) in [6, 6.07) is 1.15. The number of carbonyl (C=O) groups excluding carboxylic acids is 1. The van der Waals surface area contributed by atoms with Gasteiger partial charge in [-0.3, -0.25) is 4.79 Å². The Morgan fingerprint density at radius 2 is 2.22 bits per heavy atom. The number of halogens is 4. The van der Waals surface area contributed by atoms with Gasteiger partial charge in [-0.1, -0.05) is 11.6 Å². The first-order chi connectivity index (χ1) is 8.49. The Morgan fingerprint density at radius 3 is 2.72 bits per heavy atom. The van der Waals surface area contributed by atoms with Crippen LogP contribution in [0.3, 0.4) is 0 Å². The van der Waals surface area contributed by atoms with E-state index in [4.69, 9.17) is 27.9 Å². The maximum Gasteiger partial charge on any atom is 0.310 e. The second-order valence-electron chi connectivity index (χ2n) is 3.39. The number of aromatic nitrogens is 1. The van der Waals surface area contributed by atoms with Crippen LogP contribution < -0.4 is 0 Å². The Bertz CT molecular complexity index is 441. The molecule has 0 amide bonds. The summed E-state index contributed by atoms with van der Waals surface area (Å²) in [7, 11) is 0. The minimum absolute atomic E-state index is 0.0110. The third kappa shape index (κ3) is 3.78. The molecule has 1 heterocycles. The fraction of sp³-hybridized carbons (Fsp3) is 0.455. The first-order valence-corrected chi connectivity index (χ1v) is 6.08. The summed E-state index contributed by atoms with van der Waals surface area (Å²) in [6.45, 7) is 1.87. The van der Waals surface area contributed by atoms with Crippen molar-refractivity contribution >= 4 is 29.2 Å². The van der Waals surface area contributed by atoms with E-state index in [9.17, 15) is 13.6 Å². The molecule has 1 aromatic heterocycles. The quantitative estimate of drug-likeness (QED) is 0.474. The van der Waals surface area contributed by atoms with Crippen molar-refractivity contribution in [1.29, 1.82) is 0 Å². The maximum atomic E-state index is 12.8. The lowest BCUT2D eigenvalue weighted by Crippen LogP contribution is -2.10. The number of alkyl halides is 3. The van der Waals surface area contributed by atoms with Gasteiger partial charge in [0.1, 0.15) is 5.15 Å². The summed E-state index contributed by atoms with van der Waals surface area (Å²) in [5, 5.41) is -0.0110. The van der Waals surface area contributed by atoms with Crippen LogP contribution >= 0.6 is 23.2 Å². The van der Waals surface area contributed by atoms with Crippen molar-refractivity contribution in [3.8, 4) is 0 Å². The molecule has 1 aromatic rings. The SMILES string of the molecule is CCOC(=O)Cc1cc(C(F)F)c(CCl)nc1Cl. The molecule has 0 aromatic carbocycles. The van der Waals surface area contributed by atoms with Gasteiger partial charge in [0.15, 0.2) is 0 Å². The summed E-state index contributed by atoms with van der Waals surface area (Å²) in [5.41, 5.74) is -0.0859. The Labute approximate surface area is 113 Å². The van der Waals surface area contributed by atoms with Crippen molar-refractivity contribution in [2.75, 3.05) is 6.61 Å². The first-order valence-electron chi connectivity index (χ1n) is 5.17. The standard InChI is InChI=1S/C11H11Cl2F2NO2/c1-2-18-9(17)4-6-3-7(11(14)15)8(5-12)16-10(6)13/h3,11H,2,4-5H2,1H3. The fourth-order valence-electron chi connectivity index (χ4n) is 1.37. The van der Waals surface area contributed by atoms with Crippen LogP contribution in [0.2, 0.25) is 5.15 Å². The third-order valence-electron chi connectivity index (χ3n) is 2.16. The van der Waals surface area contributed by atoms with Crippen LogP contribution in [0.4, 0.5) is 8.78 Å². The molecule has 0 aliphatic rings. The molecule has 0 saturated heterocycles. The second kappa shape index (κ2) is 6.85. The summed E-state index contributed by atoms with van der Waals surface area (Å²) in [5.74, 6) is -0.709. The number of carbonyl (C=O) groups is 1. The van der Waals surface area contributed by atoms with Gasteiger partial charge in [0.2, 0.25) is 0 Å². The molecule has 0 bridgehead atoms. The zero-order valence-corrected chi connectivity index (χ0v) is 11.1. The van der Waals surface area contributed by atoms with Gasteiger partial charge in [0.25, 0.3) is 6.43 Å². The van der Waals surface area contributed by atoms with E-state index in [0.29, 0.717) is 0 Å². The molecule has 0 spiro atoms. The van der Waals surface area contributed by atoms with Crippen LogP contribution in [0.5, 0.6) is 0 Å². The van der Waals surface area contributed by atoms with E-state index < -0.39 is 12.4 Å². The highest BCUT2D eigenvalue weighted by molar-refractivity contribution is 6.30. The van der Waals surface area contributed by atoms with Gasteiger partial charge in [0, 0.05) is 11.1 Å². The Balaban J connectivity index is 3.05. The number of esters is 1. The molecular weight excluding hydrogens is 287 g/mol. The van der Waals surface area contributed by atoms with Crippen LogP contribution in [-0.4, -0.2) is 17.6 Å². The predicted octanol–water partition coefficient (Wildman–Crippen LogP) is 3.52. The van der Waals surface area contributed by atoms with E-state index in [1.165, 1.54) is 0 Å². The van der Waals surface area contributed by atoms with E-state index in [1.807, 2.05) is 0 Å². The molecule has 18 heavy (non-hydrogen) atoms. The molecular formula is C11H11Cl2F2NO2. The lowest BCUT2D eigenvalue weighted by molar-refractivity contribution is -0.142. The van der Waals surface area contributed by atoms with E-state index >= 15 is 0 Å². The fourth-order valence-corrected chi connectivity index (χ4v) is 1.81. The molecule has 0 fully saturated rings. The van der Waals surface area contributed by atoms with Gasteiger partial charge >= 0.3 is 5.97 Å². The van der Waals surface area contributed by atoms with Gasteiger partial charge < -0.3 is 4.74 Å². The predicted molar refractivity (Wildman–Crippen MR) is 64.1 cm³/mol. The second-order valence-corrected chi connectivity index (χ2v) is 4.02. The summed E-state index contributed by atoms with van der Waals surface area (Å²) >= 11 is 11.3. The lowest BCUT2D eigenvalue weighted by atomic mass is 10.1. The van der Waals surface area contributed by atoms with Crippen molar-refractivity contribution < 1.29 is 18.3 Å². The minimum Gasteiger partial charge on any atom is -0.466 e. The first kappa shape index (κ1) is 15.1. The van der Waals surface area contributed by atoms with Crippen molar-refractivity contribution in [1.82, 2.24) is 4.98 Å². The zero-order valence-electron chi connectivity index (χ0n) is 9.55. The van der Waals surface area contributed by atoms with Crippen molar-refractivity contribution in [3.05, 3.63) is 28.0 Å². The molecule has 0 unspecified atom stereocenters. The topological polar surface area (TPSA) is 39.2 Å². The molecule has 0 atom stereocenters. The molecule has 0 radical (unpaired) electrons. The van der Waals surface area contributed by atoms with Crippen LogP contribution in [0, 0.1) is 0 Å². The highest BCUT2D eigenvalue weighted by Crippen LogP contribution is 2.27. The molecule has 0 saturated carbocycles. The van der Waals surface area contributed by atoms with E-state index in [0.717, 1.165) is 6.07 Å². The lowest BCUT2D eigenvalue weighted by Gasteiger charge is -2.10. The van der Waals surface area contributed by atoms with Crippen LogP contribution in [-0.2, 0) is 21.8 Å². The Hall–Kier alpha value is -0.940. The minimum atomic E-state index is -2.72. The molecule has 100 valence electrons. The van der Waals surface area contributed by atoms with Gasteiger partial charge in [-0.2, -0.15) is 0 Å². The molecule has 1 rings (SSSR count). The van der Waals surface area contributed by atoms with Gasteiger partial charge in [0.05, 0.1) is 24.6 Å². The van der Waals surface area contributed by atoms with Gasteiger partial charge in [-0.25, -0.2) is 13.8 Å². The largest absolute Gasteiger partial charge is 0.466 e. The number of hydrogen-bond donors (Lipinski definition) is 0. The van der Waals surface area contributed by atoms with E-state index in [1.54, 1.807) is 6.92 Å². The zero-order chi connectivity index (χ0) is 13.7. The number of nitrogens with zero attached hydrogens (tertiary/aromatic N) is 1. The highest BCUT2D eigenvalue weighted by Gasteiger charge is 2.18. The molecule has 7 heteroatoms. The molecule has 0 N–H and O–H groups in total. The van der Waals surface area contributed by atoms with E-state index in [2.05, 4.69) is 4.98 Å². The Morgan fingerprint density at radius 1 is 1.56 bits per heavy atom. The number of pyridine rings is 1. The average molecular weight is 298 g/mol. The summed E-state index contributed by atoms with van der Waals surface area (Å²) in [4.78, 5) is 15.0. The van der Waals surface area contributed by atoms with Gasteiger partial charge in [-0.15, -0.1) is 11.6 Å². The van der Waals surface area contributed by atoms with Crippen LogP contribution in [0.25, 0.3) is 0 Å². The highest BCUT2D eigenvalue weighted by atomic mass is 35.5. The Kier molecular flexibility index (Phi) is 5.75. The maximum absolute atomic E-state index is 12.8. The van der Waals surface area contributed by atoms with Crippen molar-refractivity contribution in [2.24, 2.45) is 0 Å².